The van der Waals surface area contributed by atoms with Crippen molar-refractivity contribution in [1.29, 1.82) is 0 Å². The fraction of sp³-hybridized carbons (Fsp3) is 0.0769. The summed E-state index contributed by atoms with van der Waals surface area (Å²) in [6, 6.07) is 8.79. The fourth-order valence-electron chi connectivity index (χ4n) is 3.26. The molecule has 0 unspecified atom stereocenters. The van der Waals surface area contributed by atoms with Gasteiger partial charge in [-0.25, -0.2) is 0 Å². The quantitative estimate of drug-likeness (QED) is 0.234. The van der Waals surface area contributed by atoms with Crippen LogP contribution in [0.3, 0.4) is 0 Å². The molecule has 0 saturated carbocycles. The minimum absolute atomic E-state index is 0.0678. The van der Waals surface area contributed by atoms with Crippen molar-refractivity contribution in [1.82, 2.24) is 0 Å². The Bertz CT molecular complexity index is 1370. The molecule has 0 saturated heterocycles. The Hall–Kier alpha value is -4.90. The molecule has 188 valence electrons. The van der Waals surface area contributed by atoms with Crippen LogP contribution in [0.2, 0.25) is 0 Å². The predicted octanol–water partition coefficient (Wildman–Crippen LogP) is 5.77. The maximum Gasteiger partial charge on any atom is 0.418 e. The maximum absolute atomic E-state index is 13.4. The number of alkyl halides is 6. The van der Waals surface area contributed by atoms with E-state index in [2.05, 4.69) is 22.5 Å². The third kappa shape index (κ3) is 6.21. The Balaban J connectivity index is 1.93. The summed E-state index contributed by atoms with van der Waals surface area (Å²) < 4.78 is 80.6. The molecule has 0 fully saturated rings. The zero-order valence-corrected chi connectivity index (χ0v) is 18.5. The average molecular weight is 515 g/mol. The normalized spacial score (nSPS) is 11.2. The van der Waals surface area contributed by atoms with Crippen molar-refractivity contribution in [2.75, 3.05) is 16.4 Å². The molecule has 0 aliphatic heterocycles. The summed E-state index contributed by atoms with van der Waals surface area (Å²) in [7, 11) is 0. The Morgan fingerprint density at radius 2 is 1.05 bits per heavy atom. The number of rotatable bonds is 4. The summed E-state index contributed by atoms with van der Waals surface area (Å²) in [4.78, 5) is 25.4. The molecule has 37 heavy (non-hydrogen) atoms. The number of terminal acetylenes is 2. The molecular formula is C26H15F6N3O2. The van der Waals surface area contributed by atoms with Crippen LogP contribution < -0.4 is 16.4 Å². The van der Waals surface area contributed by atoms with Crippen molar-refractivity contribution in [3.05, 3.63) is 88.0 Å². The van der Waals surface area contributed by atoms with E-state index in [0.29, 0.717) is 12.1 Å². The van der Waals surface area contributed by atoms with Crippen molar-refractivity contribution >= 4 is 28.9 Å². The molecule has 0 spiro atoms. The highest BCUT2D eigenvalue weighted by Gasteiger charge is 2.35. The second kappa shape index (κ2) is 9.99. The van der Waals surface area contributed by atoms with Gasteiger partial charge in [0.1, 0.15) is 0 Å². The number of halogens is 6. The molecule has 3 aromatic rings. The van der Waals surface area contributed by atoms with Crippen LogP contribution in [-0.2, 0) is 12.4 Å². The number of anilines is 3. The van der Waals surface area contributed by atoms with E-state index in [1.54, 1.807) is 0 Å². The van der Waals surface area contributed by atoms with Crippen LogP contribution in [-0.4, -0.2) is 11.8 Å². The second-order valence-corrected chi connectivity index (χ2v) is 7.56. The van der Waals surface area contributed by atoms with Gasteiger partial charge in [-0.05, 0) is 54.6 Å². The van der Waals surface area contributed by atoms with Gasteiger partial charge in [0.2, 0.25) is 0 Å². The van der Waals surface area contributed by atoms with Crippen LogP contribution in [0, 0.1) is 24.7 Å². The van der Waals surface area contributed by atoms with Crippen molar-refractivity contribution in [3.8, 4) is 24.7 Å². The zero-order chi connectivity index (χ0) is 27.5. The molecule has 0 radical (unpaired) electrons. The van der Waals surface area contributed by atoms with Crippen molar-refractivity contribution in [2.24, 2.45) is 0 Å². The first kappa shape index (κ1) is 26.7. The zero-order valence-electron chi connectivity index (χ0n) is 18.5. The van der Waals surface area contributed by atoms with E-state index in [-0.39, 0.29) is 27.9 Å². The number of benzene rings is 3. The first-order valence-corrected chi connectivity index (χ1v) is 10.1. The summed E-state index contributed by atoms with van der Waals surface area (Å²) in [6.07, 6.45) is 0.591. The summed E-state index contributed by atoms with van der Waals surface area (Å²) in [5.74, 6) is 2.01. The predicted molar refractivity (Wildman–Crippen MR) is 126 cm³/mol. The number of amides is 2. The number of hydrogen-bond acceptors (Lipinski definition) is 3. The lowest BCUT2D eigenvalue weighted by Crippen LogP contribution is -2.19. The van der Waals surface area contributed by atoms with Gasteiger partial charge in [-0.15, -0.1) is 12.8 Å². The number of nitrogen functional groups attached to an aromatic ring is 1. The van der Waals surface area contributed by atoms with E-state index in [4.69, 9.17) is 18.6 Å². The molecule has 3 aromatic carbocycles. The largest absolute Gasteiger partial charge is 0.418 e. The number of nitrogens with one attached hydrogen (secondary N) is 2. The van der Waals surface area contributed by atoms with E-state index in [1.807, 2.05) is 0 Å². The van der Waals surface area contributed by atoms with Gasteiger partial charge >= 0.3 is 12.4 Å². The van der Waals surface area contributed by atoms with Crippen molar-refractivity contribution in [2.45, 2.75) is 12.4 Å². The fourth-order valence-corrected chi connectivity index (χ4v) is 3.26. The molecule has 0 bridgehead atoms. The van der Waals surface area contributed by atoms with Crippen LogP contribution in [0.5, 0.6) is 0 Å². The van der Waals surface area contributed by atoms with E-state index in [9.17, 15) is 35.9 Å². The monoisotopic (exact) mass is 515 g/mol. The van der Waals surface area contributed by atoms with Gasteiger partial charge in [0, 0.05) is 27.9 Å². The third-order valence-electron chi connectivity index (χ3n) is 4.96. The van der Waals surface area contributed by atoms with E-state index >= 15 is 0 Å². The Morgan fingerprint density at radius 1 is 0.676 bits per heavy atom. The molecule has 0 heterocycles. The number of carbonyl (C=O) groups excluding carboxylic acids is 2. The van der Waals surface area contributed by atoms with Crippen LogP contribution in [0.4, 0.5) is 43.4 Å². The summed E-state index contributed by atoms with van der Waals surface area (Å²) in [5, 5.41) is 4.17. The SMILES string of the molecule is C#Cc1ccc(NC(=O)c2cc(N)cc(C(=O)Nc3ccc(C#C)cc3C(F)(F)F)c2)c(C(F)(F)F)c1. The first-order valence-electron chi connectivity index (χ1n) is 10.1. The first-order chi connectivity index (χ1) is 17.2. The number of hydrogen-bond donors (Lipinski definition) is 3. The highest BCUT2D eigenvalue weighted by atomic mass is 19.4. The topological polar surface area (TPSA) is 84.2 Å². The Kier molecular flexibility index (Phi) is 7.21. The van der Waals surface area contributed by atoms with E-state index in [0.717, 1.165) is 30.3 Å². The Morgan fingerprint density at radius 3 is 1.38 bits per heavy atom. The van der Waals surface area contributed by atoms with Gasteiger partial charge in [-0.2, -0.15) is 26.3 Å². The maximum atomic E-state index is 13.4. The van der Waals surface area contributed by atoms with Crippen molar-refractivity contribution in [3.63, 3.8) is 0 Å². The smallest absolute Gasteiger partial charge is 0.399 e. The molecular weight excluding hydrogens is 500 g/mol. The summed E-state index contributed by atoms with van der Waals surface area (Å²) >= 11 is 0. The lowest BCUT2D eigenvalue weighted by atomic mass is 10.0. The van der Waals surface area contributed by atoms with Gasteiger partial charge in [-0.3, -0.25) is 9.59 Å². The van der Waals surface area contributed by atoms with Gasteiger partial charge in [0.15, 0.2) is 0 Å². The molecule has 0 atom stereocenters. The van der Waals surface area contributed by atoms with Gasteiger partial charge < -0.3 is 16.4 Å². The van der Waals surface area contributed by atoms with Crippen molar-refractivity contribution < 1.29 is 35.9 Å². The van der Waals surface area contributed by atoms with Crippen LogP contribution >= 0.6 is 0 Å². The van der Waals surface area contributed by atoms with Crippen LogP contribution in [0.1, 0.15) is 43.0 Å². The average Bonchev–Trinajstić information content (AvgIpc) is 2.82. The minimum atomic E-state index is -4.85. The van der Waals surface area contributed by atoms with Crippen LogP contribution in [0.15, 0.2) is 54.6 Å². The highest BCUT2D eigenvalue weighted by Crippen LogP contribution is 2.37. The molecule has 0 aromatic heterocycles. The molecule has 2 amide bonds. The molecule has 5 nitrogen and oxygen atoms in total. The minimum Gasteiger partial charge on any atom is -0.399 e. The summed E-state index contributed by atoms with van der Waals surface area (Å²) in [5.41, 5.74) is 1.20. The molecule has 11 heteroatoms. The Labute approximate surface area is 206 Å². The lowest BCUT2D eigenvalue weighted by molar-refractivity contribution is -0.137. The number of nitrogens with two attached hydrogens (primary N) is 1. The highest BCUT2D eigenvalue weighted by molar-refractivity contribution is 6.10. The molecule has 4 N–H and O–H groups in total. The lowest BCUT2D eigenvalue weighted by Gasteiger charge is -2.16. The molecule has 0 aliphatic rings. The standard InChI is InChI=1S/C26H15F6N3O2/c1-3-14-5-7-21(19(9-14)25(27,28)29)34-23(36)16-11-17(13-18(33)12-16)24(37)35-22-8-6-15(4-2)10-20(22)26(30,31)32/h1-2,5-13H,33H2,(H,34,36)(H,35,37). The molecule has 3 rings (SSSR count). The summed E-state index contributed by atoms with van der Waals surface area (Å²) in [6.45, 7) is 0. The van der Waals surface area contributed by atoms with E-state index in [1.165, 1.54) is 12.1 Å². The van der Waals surface area contributed by atoms with Gasteiger partial charge in [-0.1, -0.05) is 11.8 Å². The number of carbonyl (C=O) groups is 2. The van der Waals surface area contributed by atoms with E-state index < -0.39 is 46.7 Å². The third-order valence-corrected chi connectivity index (χ3v) is 4.96. The van der Waals surface area contributed by atoms with Crippen LogP contribution in [0.25, 0.3) is 0 Å². The van der Waals surface area contributed by atoms with Gasteiger partial charge in [0.05, 0.1) is 22.5 Å². The van der Waals surface area contributed by atoms with Gasteiger partial charge in [0.25, 0.3) is 11.8 Å². The molecule has 0 aliphatic carbocycles. The second-order valence-electron chi connectivity index (χ2n) is 7.56.